The first-order valence-corrected chi connectivity index (χ1v) is 11.8. The number of hydrogen-bond acceptors (Lipinski definition) is 7. The van der Waals surface area contributed by atoms with Gasteiger partial charge in [-0.05, 0) is 61.3 Å². The first kappa shape index (κ1) is 24.3. The van der Waals surface area contributed by atoms with E-state index in [1.807, 2.05) is 27.7 Å². The Kier molecular flexibility index (Phi) is 7.68. The summed E-state index contributed by atoms with van der Waals surface area (Å²) in [6.07, 6.45) is 0.0946. The highest BCUT2D eigenvalue weighted by Gasteiger charge is 2.38. The molecule has 0 aromatic carbocycles. The van der Waals surface area contributed by atoms with E-state index in [1.165, 1.54) is 4.31 Å². The van der Waals surface area contributed by atoms with Crippen molar-refractivity contribution >= 4 is 21.9 Å². The van der Waals surface area contributed by atoms with Crippen molar-refractivity contribution in [3.63, 3.8) is 0 Å². The number of carbonyl (C=O) groups is 2. The van der Waals surface area contributed by atoms with E-state index in [0.29, 0.717) is 25.1 Å². The minimum atomic E-state index is -3.83. The summed E-state index contributed by atoms with van der Waals surface area (Å²) in [5, 5.41) is 3.72. The highest BCUT2D eigenvalue weighted by molar-refractivity contribution is 7.89. The van der Waals surface area contributed by atoms with Gasteiger partial charge in [-0.1, -0.05) is 5.16 Å². The average molecular weight is 444 g/mol. The van der Waals surface area contributed by atoms with Crippen molar-refractivity contribution in [3.05, 3.63) is 11.5 Å². The molecule has 2 unspecified atom stereocenters. The fourth-order valence-corrected chi connectivity index (χ4v) is 5.78. The molecule has 0 aliphatic carbocycles. The third-order valence-corrected chi connectivity index (χ3v) is 7.40. The average Bonchev–Trinajstić information content (AvgIpc) is 3.00. The van der Waals surface area contributed by atoms with E-state index in [-0.39, 0.29) is 35.2 Å². The maximum Gasteiger partial charge on any atom is 0.311 e. The lowest BCUT2D eigenvalue weighted by Crippen LogP contribution is -2.49. The van der Waals surface area contributed by atoms with E-state index < -0.39 is 28.0 Å². The molecular formula is C20H33N3O6S. The van der Waals surface area contributed by atoms with Crippen molar-refractivity contribution in [2.75, 3.05) is 13.1 Å². The Hall–Kier alpha value is -1.94. The quantitative estimate of drug-likeness (QED) is 0.595. The molecular weight excluding hydrogens is 410 g/mol. The summed E-state index contributed by atoms with van der Waals surface area (Å²) >= 11 is 0. The Bertz CT molecular complexity index is 850. The molecule has 1 saturated heterocycles. The zero-order chi connectivity index (χ0) is 22.8. The largest absolute Gasteiger partial charge is 0.452 e. The molecule has 2 rings (SSSR count). The molecule has 0 spiro atoms. The second-order valence-electron chi connectivity index (χ2n) is 8.37. The van der Waals surface area contributed by atoms with E-state index in [1.54, 1.807) is 25.7 Å². The zero-order valence-electron chi connectivity index (χ0n) is 18.8. The number of hydrogen-bond donors (Lipinski definition) is 0. The molecule has 0 radical (unpaired) electrons. The summed E-state index contributed by atoms with van der Waals surface area (Å²) in [5.74, 6) is -1.22. The van der Waals surface area contributed by atoms with E-state index in [0.717, 1.165) is 0 Å². The highest BCUT2D eigenvalue weighted by Crippen LogP contribution is 2.28. The van der Waals surface area contributed by atoms with Gasteiger partial charge in [0.2, 0.25) is 10.0 Å². The van der Waals surface area contributed by atoms with Gasteiger partial charge in [0.1, 0.15) is 10.6 Å². The molecule has 1 fully saturated rings. The molecule has 1 aliphatic heterocycles. The van der Waals surface area contributed by atoms with Gasteiger partial charge in [0.15, 0.2) is 11.9 Å². The Labute approximate surface area is 178 Å². The first-order valence-electron chi connectivity index (χ1n) is 10.3. The van der Waals surface area contributed by atoms with Crippen LogP contribution in [0.5, 0.6) is 0 Å². The smallest absolute Gasteiger partial charge is 0.311 e. The highest BCUT2D eigenvalue weighted by atomic mass is 32.2. The lowest BCUT2D eigenvalue weighted by Gasteiger charge is -2.34. The van der Waals surface area contributed by atoms with Crippen LogP contribution in [0.3, 0.4) is 0 Å². The predicted molar refractivity (Wildman–Crippen MR) is 110 cm³/mol. The second kappa shape index (κ2) is 9.47. The molecule has 0 bridgehead atoms. The maximum atomic E-state index is 13.0. The number of piperidine rings is 1. The van der Waals surface area contributed by atoms with E-state index >= 15 is 0 Å². The number of aryl methyl sites for hydroxylation is 2. The molecule has 1 aromatic heterocycles. The molecule has 9 nitrogen and oxygen atoms in total. The van der Waals surface area contributed by atoms with E-state index in [4.69, 9.17) is 9.26 Å². The molecule has 10 heteroatoms. The minimum Gasteiger partial charge on any atom is -0.452 e. The lowest BCUT2D eigenvalue weighted by atomic mass is 10.00. The molecule has 30 heavy (non-hydrogen) atoms. The first-order chi connectivity index (χ1) is 13.9. The van der Waals surface area contributed by atoms with Gasteiger partial charge in [-0.2, -0.15) is 4.31 Å². The summed E-state index contributed by atoms with van der Waals surface area (Å²) in [4.78, 5) is 27.2. The standard InChI is InChI=1S/C20H33N3O6S/c1-12(2)23(13(3)4)19(24)16(7)28-20(25)17-9-8-10-22(11-17)30(26,27)18-14(5)21-29-15(18)6/h12-13,16-17H,8-11H2,1-7H3. The van der Waals surface area contributed by atoms with E-state index in [9.17, 15) is 18.0 Å². The number of aromatic nitrogens is 1. The van der Waals surface area contributed by atoms with Crippen LogP contribution >= 0.6 is 0 Å². The van der Waals surface area contributed by atoms with Crippen LogP contribution < -0.4 is 0 Å². The third kappa shape index (κ3) is 5.03. The summed E-state index contributed by atoms with van der Waals surface area (Å²) in [6, 6.07) is -0.0481. The molecule has 2 atom stereocenters. The van der Waals surface area contributed by atoms with E-state index in [2.05, 4.69) is 5.16 Å². The van der Waals surface area contributed by atoms with Gasteiger partial charge in [0, 0.05) is 25.2 Å². The zero-order valence-corrected chi connectivity index (χ0v) is 19.7. The van der Waals surface area contributed by atoms with Gasteiger partial charge in [0.05, 0.1) is 5.92 Å². The van der Waals surface area contributed by atoms with Gasteiger partial charge in [-0.25, -0.2) is 8.42 Å². The summed E-state index contributed by atoms with van der Waals surface area (Å²) < 4.78 is 37.8. The molecule has 1 aromatic rings. The number of esters is 1. The number of ether oxygens (including phenoxy) is 1. The Morgan fingerprint density at radius 1 is 1.17 bits per heavy atom. The van der Waals surface area contributed by atoms with Crippen LogP contribution in [0.25, 0.3) is 0 Å². The number of nitrogens with zero attached hydrogens (tertiary/aromatic N) is 3. The molecule has 2 heterocycles. The predicted octanol–water partition coefficient (Wildman–Crippen LogP) is 2.27. The van der Waals surface area contributed by atoms with Crippen LogP contribution in [0.4, 0.5) is 0 Å². The van der Waals surface area contributed by atoms with Gasteiger partial charge < -0.3 is 14.2 Å². The number of amides is 1. The van der Waals surface area contributed by atoms with Crippen molar-refractivity contribution in [1.29, 1.82) is 0 Å². The molecule has 0 N–H and O–H groups in total. The van der Waals surface area contributed by atoms with Crippen LogP contribution in [0.1, 0.15) is 58.9 Å². The topological polar surface area (TPSA) is 110 Å². The van der Waals surface area contributed by atoms with Crippen LogP contribution in [0.2, 0.25) is 0 Å². The summed E-state index contributed by atoms with van der Waals surface area (Å²) in [5.41, 5.74) is 0.291. The molecule has 1 amide bonds. The van der Waals surface area contributed by atoms with Gasteiger partial charge in [-0.3, -0.25) is 9.59 Å². The second-order valence-corrected chi connectivity index (χ2v) is 10.2. The fourth-order valence-electron chi connectivity index (χ4n) is 3.96. The van der Waals surface area contributed by atoms with Crippen molar-refractivity contribution in [1.82, 2.24) is 14.4 Å². The van der Waals surface area contributed by atoms with Crippen molar-refractivity contribution in [2.24, 2.45) is 5.92 Å². The normalized spacial score (nSPS) is 19.2. The Balaban J connectivity index is 2.10. The summed E-state index contributed by atoms with van der Waals surface area (Å²) in [7, 11) is -3.83. The van der Waals surface area contributed by atoms with Gasteiger partial charge in [0.25, 0.3) is 5.91 Å². The number of rotatable bonds is 7. The van der Waals surface area contributed by atoms with Crippen molar-refractivity contribution in [3.8, 4) is 0 Å². The third-order valence-electron chi connectivity index (χ3n) is 5.29. The van der Waals surface area contributed by atoms with Gasteiger partial charge in [-0.15, -0.1) is 0 Å². The van der Waals surface area contributed by atoms with Crippen molar-refractivity contribution < 1.29 is 27.3 Å². The van der Waals surface area contributed by atoms with Crippen molar-refractivity contribution in [2.45, 2.75) is 84.4 Å². The number of sulfonamides is 1. The van der Waals surface area contributed by atoms with Gasteiger partial charge >= 0.3 is 5.97 Å². The summed E-state index contributed by atoms with van der Waals surface area (Å²) in [6.45, 7) is 12.6. The Morgan fingerprint density at radius 2 is 1.77 bits per heavy atom. The lowest BCUT2D eigenvalue weighted by molar-refractivity contribution is -0.165. The van der Waals surface area contributed by atoms with Crippen LogP contribution in [0.15, 0.2) is 9.42 Å². The molecule has 1 aliphatic rings. The Morgan fingerprint density at radius 3 is 2.27 bits per heavy atom. The minimum absolute atomic E-state index is 0.00418. The molecule has 0 saturated carbocycles. The fraction of sp³-hybridized carbons (Fsp3) is 0.750. The van der Waals surface area contributed by atoms with Crippen LogP contribution in [0, 0.1) is 19.8 Å². The maximum absolute atomic E-state index is 13.0. The van der Waals surface area contributed by atoms with Crippen LogP contribution in [-0.4, -0.2) is 65.9 Å². The number of carbonyl (C=O) groups excluding carboxylic acids is 2. The monoisotopic (exact) mass is 443 g/mol. The molecule has 170 valence electrons. The SMILES string of the molecule is Cc1noc(C)c1S(=O)(=O)N1CCCC(C(=O)OC(C)C(=O)N(C(C)C)C(C)C)C1. The van der Waals surface area contributed by atoms with Crippen LogP contribution in [-0.2, 0) is 24.3 Å².